The molecule has 0 radical (unpaired) electrons. The monoisotopic (exact) mass is 394 g/mol. The first-order chi connectivity index (χ1) is 13.5. The molecule has 0 saturated carbocycles. The van der Waals surface area contributed by atoms with Crippen molar-refractivity contribution in [2.24, 2.45) is 0 Å². The molecule has 1 aromatic heterocycles. The summed E-state index contributed by atoms with van der Waals surface area (Å²) in [5.74, 6) is 0.308. The van der Waals surface area contributed by atoms with Gasteiger partial charge in [0.25, 0.3) is 0 Å². The number of nitrogens with zero attached hydrogens (tertiary/aromatic N) is 2. The largest absolute Gasteiger partial charge is 0.508 e. The van der Waals surface area contributed by atoms with E-state index in [9.17, 15) is 14.7 Å². The number of amides is 1. The van der Waals surface area contributed by atoms with Gasteiger partial charge in [0.1, 0.15) is 11.5 Å². The zero-order valence-corrected chi connectivity index (χ0v) is 16.1. The van der Waals surface area contributed by atoms with Crippen LogP contribution in [0.15, 0.2) is 60.0 Å². The molecule has 0 aliphatic carbocycles. The number of carbonyl (C=O) groups excluding carboxylic acids is 2. The standard InChI is InChI=1S/C21H18N2O4S/c1-14(24)23(17-7-9-19(27-2)10-8-17)21-22-16(13-28-21)6-11-20(26)15-4-3-5-18(25)12-15/h3-13,25H,1-2H3. The topological polar surface area (TPSA) is 79.7 Å². The fourth-order valence-corrected chi connectivity index (χ4v) is 3.39. The van der Waals surface area contributed by atoms with Crippen molar-refractivity contribution in [3.63, 3.8) is 0 Å². The third-order valence-electron chi connectivity index (χ3n) is 3.88. The zero-order chi connectivity index (χ0) is 20.1. The lowest BCUT2D eigenvalue weighted by molar-refractivity contribution is -0.115. The average Bonchev–Trinajstić information content (AvgIpc) is 3.15. The van der Waals surface area contributed by atoms with Crippen LogP contribution in [0.1, 0.15) is 23.0 Å². The highest BCUT2D eigenvalue weighted by atomic mass is 32.1. The summed E-state index contributed by atoms with van der Waals surface area (Å²) < 4.78 is 5.14. The Bertz CT molecular complexity index is 1020. The number of aromatic hydroxyl groups is 1. The molecule has 7 heteroatoms. The van der Waals surface area contributed by atoms with E-state index in [1.54, 1.807) is 55.0 Å². The SMILES string of the molecule is COc1ccc(N(C(C)=O)c2nc(C=CC(=O)c3cccc(O)c3)cs2)cc1. The minimum Gasteiger partial charge on any atom is -0.508 e. The second kappa shape index (κ2) is 8.49. The Hall–Kier alpha value is -3.45. The van der Waals surface area contributed by atoms with E-state index in [1.165, 1.54) is 41.4 Å². The van der Waals surface area contributed by atoms with Crippen LogP contribution in [0.3, 0.4) is 0 Å². The number of phenolic OH excluding ortho intramolecular Hbond substituents is 1. The van der Waals surface area contributed by atoms with Crippen LogP contribution < -0.4 is 9.64 Å². The van der Waals surface area contributed by atoms with Gasteiger partial charge in [0.05, 0.1) is 18.5 Å². The first-order valence-electron chi connectivity index (χ1n) is 8.39. The van der Waals surface area contributed by atoms with Crippen LogP contribution in [0.5, 0.6) is 11.5 Å². The van der Waals surface area contributed by atoms with Crippen LogP contribution in [-0.4, -0.2) is 28.9 Å². The highest BCUT2D eigenvalue weighted by Crippen LogP contribution is 2.30. The Morgan fingerprint density at radius 1 is 1.18 bits per heavy atom. The molecule has 0 atom stereocenters. The maximum absolute atomic E-state index is 12.2. The van der Waals surface area contributed by atoms with E-state index in [2.05, 4.69) is 4.98 Å². The number of carbonyl (C=O) groups is 2. The molecule has 0 aliphatic rings. The molecule has 0 unspecified atom stereocenters. The van der Waals surface area contributed by atoms with Crippen molar-refractivity contribution in [1.82, 2.24) is 4.98 Å². The molecule has 1 N–H and O–H groups in total. The molecule has 28 heavy (non-hydrogen) atoms. The van der Waals surface area contributed by atoms with Crippen LogP contribution in [0, 0.1) is 0 Å². The molecular weight excluding hydrogens is 376 g/mol. The number of thiazole rings is 1. The Morgan fingerprint density at radius 3 is 2.57 bits per heavy atom. The smallest absolute Gasteiger partial charge is 0.230 e. The number of anilines is 2. The van der Waals surface area contributed by atoms with Gasteiger partial charge in [-0.15, -0.1) is 11.3 Å². The molecule has 3 rings (SSSR count). The fourth-order valence-electron chi connectivity index (χ4n) is 2.53. The minimum absolute atomic E-state index is 0.0341. The summed E-state index contributed by atoms with van der Waals surface area (Å²) in [5, 5.41) is 11.7. The van der Waals surface area contributed by atoms with Crippen LogP contribution in [-0.2, 0) is 4.79 Å². The van der Waals surface area contributed by atoms with Crippen molar-refractivity contribution < 1.29 is 19.4 Å². The van der Waals surface area contributed by atoms with Crippen molar-refractivity contribution in [1.29, 1.82) is 0 Å². The van der Waals surface area contributed by atoms with Crippen molar-refractivity contribution in [2.45, 2.75) is 6.92 Å². The Morgan fingerprint density at radius 2 is 1.93 bits per heavy atom. The predicted molar refractivity (Wildman–Crippen MR) is 109 cm³/mol. The van der Waals surface area contributed by atoms with Crippen molar-refractivity contribution in [3.05, 3.63) is 71.2 Å². The van der Waals surface area contributed by atoms with Gasteiger partial charge < -0.3 is 9.84 Å². The van der Waals surface area contributed by atoms with E-state index in [4.69, 9.17) is 4.74 Å². The minimum atomic E-state index is -0.246. The number of aromatic nitrogens is 1. The predicted octanol–water partition coefficient (Wildman–Crippen LogP) is 4.44. The molecular formula is C21H18N2O4S. The molecule has 0 saturated heterocycles. The Balaban J connectivity index is 1.80. The lowest BCUT2D eigenvalue weighted by atomic mass is 10.1. The highest BCUT2D eigenvalue weighted by molar-refractivity contribution is 7.14. The Kier molecular flexibility index (Phi) is 5.86. The number of hydrogen-bond donors (Lipinski definition) is 1. The van der Waals surface area contributed by atoms with Gasteiger partial charge in [0.2, 0.25) is 5.91 Å². The molecule has 142 valence electrons. The summed E-state index contributed by atoms with van der Waals surface area (Å²) >= 11 is 1.30. The van der Waals surface area contributed by atoms with E-state index in [0.29, 0.717) is 27.8 Å². The summed E-state index contributed by atoms with van der Waals surface area (Å²) in [7, 11) is 1.58. The van der Waals surface area contributed by atoms with E-state index in [-0.39, 0.29) is 17.4 Å². The van der Waals surface area contributed by atoms with Gasteiger partial charge in [0.15, 0.2) is 10.9 Å². The van der Waals surface area contributed by atoms with Crippen LogP contribution in [0.2, 0.25) is 0 Å². The summed E-state index contributed by atoms with van der Waals surface area (Å²) in [6.07, 6.45) is 2.97. The van der Waals surface area contributed by atoms with Gasteiger partial charge in [-0.2, -0.15) is 0 Å². The molecule has 1 amide bonds. The highest BCUT2D eigenvalue weighted by Gasteiger charge is 2.17. The average molecular weight is 394 g/mol. The normalized spacial score (nSPS) is 10.8. The Labute approximate surface area is 166 Å². The summed E-state index contributed by atoms with van der Waals surface area (Å²) in [6, 6.07) is 13.2. The molecule has 0 bridgehead atoms. The van der Waals surface area contributed by atoms with Gasteiger partial charge in [-0.3, -0.25) is 14.5 Å². The van der Waals surface area contributed by atoms with Gasteiger partial charge in [0, 0.05) is 17.9 Å². The number of phenols is 1. The zero-order valence-electron chi connectivity index (χ0n) is 15.3. The van der Waals surface area contributed by atoms with E-state index in [0.717, 1.165) is 0 Å². The molecule has 6 nitrogen and oxygen atoms in total. The first-order valence-corrected chi connectivity index (χ1v) is 9.27. The lowest BCUT2D eigenvalue weighted by Gasteiger charge is -2.18. The number of rotatable bonds is 6. The van der Waals surface area contributed by atoms with Crippen molar-refractivity contribution in [2.75, 3.05) is 12.0 Å². The van der Waals surface area contributed by atoms with Crippen LogP contribution >= 0.6 is 11.3 Å². The van der Waals surface area contributed by atoms with Gasteiger partial charge in [-0.05, 0) is 48.6 Å². The third kappa shape index (κ3) is 4.44. The molecule has 0 fully saturated rings. The molecule has 1 heterocycles. The number of benzene rings is 2. The van der Waals surface area contributed by atoms with E-state index < -0.39 is 0 Å². The van der Waals surface area contributed by atoms with Crippen molar-refractivity contribution in [3.8, 4) is 11.5 Å². The first kappa shape index (κ1) is 19.3. The van der Waals surface area contributed by atoms with Gasteiger partial charge in [-0.25, -0.2) is 4.98 Å². The maximum atomic E-state index is 12.2. The third-order valence-corrected chi connectivity index (χ3v) is 4.73. The molecule has 3 aromatic rings. The van der Waals surface area contributed by atoms with Crippen LogP contribution in [0.4, 0.5) is 10.8 Å². The van der Waals surface area contributed by atoms with Crippen molar-refractivity contribution >= 4 is 39.9 Å². The number of ketones is 1. The van der Waals surface area contributed by atoms with E-state index >= 15 is 0 Å². The number of hydrogen-bond acceptors (Lipinski definition) is 6. The summed E-state index contributed by atoms with van der Waals surface area (Å²) in [6.45, 7) is 1.46. The molecule has 2 aromatic carbocycles. The van der Waals surface area contributed by atoms with Gasteiger partial charge in [-0.1, -0.05) is 12.1 Å². The summed E-state index contributed by atoms with van der Waals surface area (Å²) in [4.78, 5) is 30.3. The summed E-state index contributed by atoms with van der Waals surface area (Å²) in [5.41, 5.74) is 1.62. The number of methoxy groups -OCH3 is 1. The molecule has 0 aliphatic heterocycles. The number of allylic oxidation sites excluding steroid dienone is 1. The van der Waals surface area contributed by atoms with Crippen LogP contribution in [0.25, 0.3) is 6.08 Å². The van der Waals surface area contributed by atoms with E-state index in [1.807, 2.05) is 0 Å². The second-order valence-electron chi connectivity index (χ2n) is 5.86. The fraction of sp³-hybridized carbons (Fsp3) is 0.0952. The second-order valence-corrected chi connectivity index (χ2v) is 6.69. The quantitative estimate of drug-likeness (QED) is 0.494. The maximum Gasteiger partial charge on any atom is 0.230 e. The van der Waals surface area contributed by atoms with Gasteiger partial charge >= 0.3 is 0 Å². The molecule has 0 spiro atoms. The number of ether oxygens (including phenoxy) is 1. The lowest BCUT2D eigenvalue weighted by Crippen LogP contribution is -2.22.